The Bertz CT molecular complexity index is 221. The van der Waals surface area contributed by atoms with Gasteiger partial charge in [-0.3, -0.25) is 4.79 Å². The van der Waals surface area contributed by atoms with Crippen molar-refractivity contribution in [2.24, 2.45) is 5.92 Å². The molecule has 1 atom stereocenters. The molecule has 18 heavy (non-hydrogen) atoms. The normalized spacial score (nSPS) is 13.0. The predicted octanol–water partition coefficient (Wildman–Crippen LogP) is 5.18. The van der Waals surface area contributed by atoms with Gasteiger partial charge in [-0.2, -0.15) is 0 Å². The van der Waals surface area contributed by atoms with E-state index in [2.05, 4.69) is 19.1 Å². The minimum absolute atomic E-state index is 0.175. The third-order valence-electron chi connectivity index (χ3n) is 3.32. The lowest BCUT2D eigenvalue weighted by Crippen LogP contribution is -2.08. The first-order chi connectivity index (χ1) is 8.68. The van der Waals surface area contributed by atoms with Crippen molar-refractivity contribution in [3.63, 3.8) is 0 Å². The predicted molar refractivity (Wildman–Crippen MR) is 77.8 cm³/mol. The van der Waals surface area contributed by atoms with Gasteiger partial charge in [0, 0.05) is 0 Å². The third-order valence-corrected chi connectivity index (χ3v) is 3.32. The molecule has 2 nitrogen and oxygen atoms in total. The highest BCUT2D eigenvalue weighted by Gasteiger charge is 2.09. The number of carboxylic acids is 1. The lowest BCUT2D eigenvalue weighted by atomic mass is 10.0. The topological polar surface area (TPSA) is 37.3 Å². The van der Waals surface area contributed by atoms with Gasteiger partial charge in [-0.25, -0.2) is 0 Å². The number of unbranched alkanes of at least 4 members (excludes halogenated alkanes) is 7. The van der Waals surface area contributed by atoms with Crippen molar-refractivity contribution in [3.8, 4) is 0 Å². The summed E-state index contributed by atoms with van der Waals surface area (Å²) < 4.78 is 0. The minimum atomic E-state index is -0.660. The van der Waals surface area contributed by atoms with Gasteiger partial charge in [0.1, 0.15) is 0 Å². The fraction of sp³-hybridized carbons (Fsp3) is 0.812. The SMILES string of the molecule is CCCC/C=C/CCCCCCCC(C)C(=O)O. The van der Waals surface area contributed by atoms with Gasteiger partial charge >= 0.3 is 5.97 Å². The lowest BCUT2D eigenvalue weighted by Gasteiger charge is -2.05. The zero-order valence-corrected chi connectivity index (χ0v) is 12.2. The van der Waals surface area contributed by atoms with E-state index in [-0.39, 0.29) is 5.92 Å². The van der Waals surface area contributed by atoms with E-state index in [0.29, 0.717) is 0 Å². The molecule has 2 heteroatoms. The molecule has 0 rings (SSSR count). The average Bonchev–Trinajstić information content (AvgIpc) is 2.35. The molecule has 1 unspecified atom stereocenters. The quantitative estimate of drug-likeness (QED) is 0.384. The van der Waals surface area contributed by atoms with Crippen molar-refractivity contribution in [2.45, 2.75) is 78.1 Å². The van der Waals surface area contributed by atoms with E-state index in [1.54, 1.807) is 6.92 Å². The highest BCUT2D eigenvalue weighted by atomic mass is 16.4. The van der Waals surface area contributed by atoms with Crippen LogP contribution in [0.3, 0.4) is 0 Å². The van der Waals surface area contributed by atoms with Gasteiger partial charge in [-0.1, -0.05) is 64.5 Å². The van der Waals surface area contributed by atoms with Gasteiger partial charge in [0.2, 0.25) is 0 Å². The first kappa shape index (κ1) is 17.2. The lowest BCUT2D eigenvalue weighted by molar-refractivity contribution is -0.141. The molecule has 0 spiro atoms. The monoisotopic (exact) mass is 254 g/mol. The Morgan fingerprint density at radius 3 is 2.17 bits per heavy atom. The molecule has 106 valence electrons. The molecular weight excluding hydrogens is 224 g/mol. The van der Waals surface area contributed by atoms with Crippen molar-refractivity contribution in [2.75, 3.05) is 0 Å². The molecule has 0 bridgehead atoms. The molecule has 0 aliphatic rings. The number of carbonyl (C=O) groups is 1. The van der Waals surface area contributed by atoms with Gasteiger partial charge in [0.15, 0.2) is 0 Å². The smallest absolute Gasteiger partial charge is 0.306 e. The van der Waals surface area contributed by atoms with E-state index < -0.39 is 5.97 Å². The zero-order chi connectivity index (χ0) is 13.6. The highest BCUT2D eigenvalue weighted by Crippen LogP contribution is 2.12. The second-order valence-electron chi connectivity index (χ2n) is 5.20. The molecule has 0 aliphatic heterocycles. The van der Waals surface area contributed by atoms with E-state index in [1.165, 1.54) is 51.4 Å². The average molecular weight is 254 g/mol. The number of aliphatic carboxylic acids is 1. The Kier molecular flexibility index (Phi) is 12.1. The van der Waals surface area contributed by atoms with E-state index in [0.717, 1.165) is 12.8 Å². The molecule has 0 saturated heterocycles. The molecule has 1 N–H and O–H groups in total. The molecule has 0 aromatic carbocycles. The standard InChI is InChI=1S/C16H30O2/c1-3-4-5-6-7-8-9-10-11-12-13-14-15(2)16(17)18/h6-7,15H,3-5,8-14H2,1-2H3,(H,17,18)/b7-6+. The first-order valence-electron chi connectivity index (χ1n) is 7.56. The van der Waals surface area contributed by atoms with Gasteiger partial charge in [0.25, 0.3) is 0 Å². The zero-order valence-electron chi connectivity index (χ0n) is 12.2. The van der Waals surface area contributed by atoms with Crippen molar-refractivity contribution < 1.29 is 9.90 Å². The Morgan fingerprint density at radius 1 is 1.00 bits per heavy atom. The highest BCUT2D eigenvalue weighted by molar-refractivity contribution is 5.69. The summed E-state index contributed by atoms with van der Waals surface area (Å²) in [4.78, 5) is 10.6. The summed E-state index contributed by atoms with van der Waals surface area (Å²) in [6.45, 7) is 4.02. The summed E-state index contributed by atoms with van der Waals surface area (Å²) in [6, 6.07) is 0. The second-order valence-corrected chi connectivity index (χ2v) is 5.20. The number of allylic oxidation sites excluding steroid dienone is 2. The summed E-state index contributed by atoms with van der Waals surface area (Å²) in [5, 5.41) is 8.74. The Morgan fingerprint density at radius 2 is 1.56 bits per heavy atom. The van der Waals surface area contributed by atoms with Crippen LogP contribution in [0.25, 0.3) is 0 Å². The van der Waals surface area contributed by atoms with Gasteiger partial charge in [0.05, 0.1) is 5.92 Å². The Balaban J connectivity index is 3.16. The summed E-state index contributed by atoms with van der Waals surface area (Å²) in [6.07, 6.45) is 16.5. The van der Waals surface area contributed by atoms with Gasteiger partial charge < -0.3 is 5.11 Å². The van der Waals surface area contributed by atoms with Crippen LogP contribution in [-0.2, 0) is 4.79 Å². The number of hydrogen-bond donors (Lipinski definition) is 1. The van der Waals surface area contributed by atoms with E-state index in [1.807, 2.05) is 0 Å². The minimum Gasteiger partial charge on any atom is -0.481 e. The maximum absolute atomic E-state index is 10.6. The maximum Gasteiger partial charge on any atom is 0.306 e. The molecule has 0 saturated carbocycles. The van der Waals surface area contributed by atoms with Crippen LogP contribution >= 0.6 is 0 Å². The van der Waals surface area contributed by atoms with Crippen LogP contribution < -0.4 is 0 Å². The third kappa shape index (κ3) is 11.7. The van der Waals surface area contributed by atoms with E-state index in [9.17, 15) is 4.79 Å². The molecular formula is C16H30O2. The summed E-state index contributed by atoms with van der Waals surface area (Å²) in [7, 11) is 0. The van der Waals surface area contributed by atoms with Crippen LogP contribution in [0.1, 0.15) is 78.1 Å². The molecule has 0 amide bonds. The number of carboxylic acid groups (broad SMARTS) is 1. The summed E-state index contributed by atoms with van der Waals surface area (Å²) in [5.74, 6) is -0.835. The molecule has 0 aromatic rings. The van der Waals surface area contributed by atoms with E-state index >= 15 is 0 Å². The number of rotatable bonds is 12. The van der Waals surface area contributed by atoms with Crippen molar-refractivity contribution in [1.29, 1.82) is 0 Å². The van der Waals surface area contributed by atoms with Crippen LogP contribution in [0.15, 0.2) is 12.2 Å². The van der Waals surface area contributed by atoms with Gasteiger partial charge in [-0.15, -0.1) is 0 Å². The van der Waals surface area contributed by atoms with Crippen LogP contribution in [0.2, 0.25) is 0 Å². The first-order valence-corrected chi connectivity index (χ1v) is 7.56. The van der Waals surface area contributed by atoms with Crippen molar-refractivity contribution in [3.05, 3.63) is 12.2 Å². The Hall–Kier alpha value is -0.790. The molecule has 0 heterocycles. The fourth-order valence-electron chi connectivity index (χ4n) is 1.92. The molecule has 0 fully saturated rings. The number of hydrogen-bond acceptors (Lipinski definition) is 1. The van der Waals surface area contributed by atoms with Crippen LogP contribution in [-0.4, -0.2) is 11.1 Å². The van der Waals surface area contributed by atoms with Crippen molar-refractivity contribution >= 4 is 5.97 Å². The van der Waals surface area contributed by atoms with Gasteiger partial charge in [-0.05, 0) is 25.7 Å². The summed E-state index contributed by atoms with van der Waals surface area (Å²) in [5.41, 5.74) is 0. The van der Waals surface area contributed by atoms with Crippen LogP contribution in [0.4, 0.5) is 0 Å². The molecule has 0 radical (unpaired) electrons. The van der Waals surface area contributed by atoms with Crippen molar-refractivity contribution in [1.82, 2.24) is 0 Å². The van der Waals surface area contributed by atoms with E-state index in [4.69, 9.17) is 5.11 Å². The molecule has 0 aliphatic carbocycles. The molecule has 0 aromatic heterocycles. The largest absolute Gasteiger partial charge is 0.481 e. The van der Waals surface area contributed by atoms with Crippen LogP contribution in [0, 0.1) is 5.92 Å². The fourth-order valence-corrected chi connectivity index (χ4v) is 1.92. The second kappa shape index (κ2) is 12.7. The summed E-state index contributed by atoms with van der Waals surface area (Å²) >= 11 is 0. The maximum atomic E-state index is 10.6. The Labute approximate surface area is 112 Å². The van der Waals surface area contributed by atoms with Crippen LogP contribution in [0.5, 0.6) is 0 Å².